The van der Waals surface area contributed by atoms with Gasteiger partial charge in [0, 0.05) is 12.1 Å². The molecule has 0 saturated heterocycles. The van der Waals surface area contributed by atoms with Crippen molar-refractivity contribution in [1.82, 2.24) is 4.31 Å². The van der Waals surface area contributed by atoms with E-state index in [1.165, 1.54) is 0 Å². The lowest BCUT2D eigenvalue weighted by atomic mass is 10.3. The maximum Gasteiger partial charge on any atom is 0.0591 e. The molecule has 0 N–H and O–H groups in total. The molecule has 0 fully saturated rings. The summed E-state index contributed by atoms with van der Waals surface area (Å²) in [6.07, 6.45) is 0. The monoisotopic (exact) mass is 193 g/mol. The Morgan fingerprint density at radius 1 is 1.00 bits per heavy atom. The molecule has 0 aromatic carbocycles. The highest BCUT2D eigenvalue weighted by Gasteiger charge is 2.15. The van der Waals surface area contributed by atoms with Crippen molar-refractivity contribution < 1.29 is 0 Å². The summed E-state index contributed by atoms with van der Waals surface area (Å²) in [6.45, 7) is 10.9. The minimum absolute atomic E-state index is 0.389. The highest BCUT2D eigenvalue weighted by Crippen LogP contribution is 2.24. The van der Waals surface area contributed by atoms with Gasteiger partial charge in [-0.2, -0.15) is 12.6 Å². The fraction of sp³-hybridized carbons (Fsp3) is 1.00. The van der Waals surface area contributed by atoms with E-state index in [1.54, 1.807) is 0 Å². The van der Waals surface area contributed by atoms with Crippen molar-refractivity contribution in [3.63, 3.8) is 0 Å². The normalized spacial score (nSPS) is 15.0. The number of hydrogen-bond donors (Lipinski definition) is 1. The second kappa shape index (κ2) is 5.33. The van der Waals surface area contributed by atoms with Crippen molar-refractivity contribution in [2.45, 2.75) is 51.3 Å². The maximum atomic E-state index is 4.35. The minimum atomic E-state index is 0.389. The first kappa shape index (κ1) is 11.7. The molecule has 0 aliphatic rings. The summed E-state index contributed by atoms with van der Waals surface area (Å²) in [6, 6.07) is 1.18. The molecule has 0 rings (SSSR count). The van der Waals surface area contributed by atoms with Crippen molar-refractivity contribution in [2.75, 3.05) is 0 Å². The molecule has 0 heterocycles. The molecule has 0 aromatic rings. The summed E-state index contributed by atoms with van der Waals surface area (Å²) in [5.74, 6) is 0. The summed E-state index contributed by atoms with van der Waals surface area (Å²) in [7, 11) is 0. The third-order valence-electron chi connectivity index (χ3n) is 1.29. The Morgan fingerprint density at radius 3 is 1.45 bits per heavy atom. The van der Waals surface area contributed by atoms with Gasteiger partial charge < -0.3 is 0 Å². The first-order chi connectivity index (χ1) is 4.95. The van der Waals surface area contributed by atoms with E-state index < -0.39 is 0 Å². The maximum absolute atomic E-state index is 4.35. The average molecular weight is 193 g/mol. The van der Waals surface area contributed by atoms with E-state index in [0.29, 0.717) is 16.7 Å². The Labute approximate surface area is 80.5 Å². The van der Waals surface area contributed by atoms with Gasteiger partial charge in [-0.3, -0.25) is 0 Å². The van der Waals surface area contributed by atoms with Crippen LogP contribution in [0.3, 0.4) is 0 Å². The molecule has 0 bridgehead atoms. The van der Waals surface area contributed by atoms with Gasteiger partial charge in [-0.1, -0.05) is 11.9 Å². The van der Waals surface area contributed by atoms with Crippen molar-refractivity contribution in [3.8, 4) is 0 Å². The van der Waals surface area contributed by atoms with Gasteiger partial charge >= 0.3 is 0 Å². The number of nitrogens with zero attached hydrogens (tertiary/aromatic N) is 1. The standard InChI is InChI=1S/C8H19NS2/c1-6(2)9(7(3)4)11-8(5)10/h6-8,10H,1-5H3. The SMILES string of the molecule is CC(S)SN(C(C)C)C(C)C. The van der Waals surface area contributed by atoms with Gasteiger partial charge in [0.15, 0.2) is 0 Å². The molecule has 0 radical (unpaired) electrons. The predicted molar refractivity (Wildman–Crippen MR) is 58.2 cm³/mol. The van der Waals surface area contributed by atoms with Crippen LogP contribution in [-0.4, -0.2) is 21.0 Å². The zero-order valence-corrected chi connectivity index (χ0v) is 9.75. The fourth-order valence-electron chi connectivity index (χ4n) is 1.02. The zero-order chi connectivity index (χ0) is 9.02. The topological polar surface area (TPSA) is 3.24 Å². The highest BCUT2D eigenvalue weighted by atomic mass is 32.2. The lowest BCUT2D eigenvalue weighted by molar-refractivity contribution is 0.335. The predicted octanol–water partition coefficient (Wildman–Crippen LogP) is 3.03. The lowest BCUT2D eigenvalue weighted by Gasteiger charge is -2.30. The first-order valence-corrected chi connectivity index (χ1v) is 5.43. The van der Waals surface area contributed by atoms with Crippen LogP contribution in [0.4, 0.5) is 0 Å². The average Bonchev–Trinajstić information content (AvgIpc) is 1.81. The Balaban J connectivity index is 3.90. The van der Waals surface area contributed by atoms with Gasteiger partial charge in [0.2, 0.25) is 0 Å². The summed E-state index contributed by atoms with van der Waals surface area (Å²) < 4.78 is 2.76. The second-order valence-electron chi connectivity index (χ2n) is 3.25. The Morgan fingerprint density at radius 2 is 1.36 bits per heavy atom. The van der Waals surface area contributed by atoms with Gasteiger partial charge in [-0.25, -0.2) is 4.31 Å². The molecule has 68 valence electrons. The molecule has 3 heteroatoms. The molecule has 0 amide bonds. The van der Waals surface area contributed by atoms with Crippen LogP contribution in [0.15, 0.2) is 0 Å². The molecule has 0 saturated carbocycles. The van der Waals surface area contributed by atoms with Gasteiger partial charge in [0.05, 0.1) is 4.58 Å². The van der Waals surface area contributed by atoms with Crippen molar-refractivity contribution in [1.29, 1.82) is 0 Å². The molecule has 0 spiro atoms. The highest BCUT2D eigenvalue weighted by molar-refractivity contribution is 8.08. The van der Waals surface area contributed by atoms with Crippen molar-refractivity contribution in [3.05, 3.63) is 0 Å². The third-order valence-corrected chi connectivity index (χ3v) is 2.97. The Kier molecular flexibility index (Phi) is 5.65. The summed E-state index contributed by atoms with van der Waals surface area (Å²) in [5.41, 5.74) is 0. The largest absolute Gasteiger partial charge is 0.245 e. The van der Waals surface area contributed by atoms with Crippen LogP contribution in [0.1, 0.15) is 34.6 Å². The van der Waals surface area contributed by atoms with E-state index >= 15 is 0 Å². The van der Waals surface area contributed by atoms with E-state index in [9.17, 15) is 0 Å². The molecule has 1 nitrogen and oxygen atoms in total. The molecule has 1 atom stereocenters. The summed E-state index contributed by atoms with van der Waals surface area (Å²) in [5, 5.41) is 0. The van der Waals surface area contributed by atoms with Crippen LogP contribution in [0, 0.1) is 0 Å². The van der Waals surface area contributed by atoms with E-state index in [4.69, 9.17) is 0 Å². The molecule has 11 heavy (non-hydrogen) atoms. The minimum Gasteiger partial charge on any atom is -0.245 e. The van der Waals surface area contributed by atoms with Crippen molar-refractivity contribution in [2.24, 2.45) is 0 Å². The molecule has 0 aliphatic heterocycles. The molecular formula is C8H19NS2. The number of thiol groups is 1. The van der Waals surface area contributed by atoms with Crippen LogP contribution < -0.4 is 0 Å². The van der Waals surface area contributed by atoms with Gasteiger partial charge in [-0.15, -0.1) is 0 Å². The van der Waals surface area contributed by atoms with Crippen LogP contribution >= 0.6 is 24.6 Å². The van der Waals surface area contributed by atoms with E-state index in [1.807, 2.05) is 11.9 Å². The van der Waals surface area contributed by atoms with E-state index in [-0.39, 0.29) is 0 Å². The first-order valence-electron chi connectivity index (χ1n) is 4.08. The quantitative estimate of drug-likeness (QED) is 0.415. The Hall–Kier alpha value is 0.660. The van der Waals surface area contributed by atoms with E-state index in [2.05, 4.69) is 51.6 Å². The van der Waals surface area contributed by atoms with Gasteiger partial charge in [0.25, 0.3) is 0 Å². The lowest BCUT2D eigenvalue weighted by Crippen LogP contribution is -2.31. The molecular weight excluding hydrogens is 174 g/mol. The molecule has 0 aromatic heterocycles. The van der Waals surface area contributed by atoms with Crippen molar-refractivity contribution >= 4 is 24.6 Å². The number of hydrogen-bond acceptors (Lipinski definition) is 3. The zero-order valence-electron chi connectivity index (χ0n) is 8.03. The Bertz CT molecular complexity index is 94.3. The fourth-order valence-corrected chi connectivity index (χ4v) is 2.18. The second-order valence-corrected chi connectivity index (χ2v) is 5.72. The number of rotatable bonds is 4. The molecule has 0 aliphatic carbocycles. The molecule has 1 unspecified atom stereocenters. The summed E-state index contributed by atoms with van der Waals surface area (Å²) in [4.78, 5) is 0. The van der Waals surface area contributed by atoms with Crippen LogP contribution in [-0.2, 0) is 0 Å². The van der Waals surface area contributed by atoms with Gasteiger partial charge in [-0.05, 0) is 34.6 Å². The smallest absolute Gasteiger partial charge is 0.0591 e. The van der Waals surface area contributed by atoms with Crippen LogP contribution in [0.2, 0.25) is 0 Å². The van der Waals surface area contributed by atoms with Crippen LogP contribution in [0.5, 0.6) is 0 Å². The van der Waals surface area contributed by atoms with Gasteiger partial charge in [0.1, 0.15) is 0 Å². The summed E-state index contributed by atoms with van der Waals surface area (Å²) >= 11 is 6.16. The van der Waals surface area contributed by atoms with Crippen LogP contribution in [0.25, 0.3) is 0 Å². The third kappa shape index (κ3) is 4.99. The van der Waals surface area contributed by atoms with E-state index in [0.717, 1.165) is 0 Å².